The van der Waals surface area contributed by atoms with Gasteiger partial charge in [0.2, 0.25) is 0 Å². The monoisotopic (exact) mass is 454 g/mol. The fourth-order valence-electron chi connectivity index (χ4n) is 3.51. The minimum absolute atomic E-state index is 0.203. The van der Waals surface area contributed by atoms with Crippen LogP contribution in [-0.4, -0.2) is 41.6 Å². The van der Waals surface area contributed by atoms with Gasteiger partial charge in [-0.25, -0.2) is 4.79 Å². The number of benzene rings is 2. The first-order valence-electron chi connectivity index (χ1n) is 10.9. The van der Waals surface area contributed by atoms with Gasteiger partial charge in [-0.3, -0.25) is 0 Å². The lowest BCUT2D eigenvalue weighted by Crippen LogP contribution is -2.26. The standard InChI is InChI=1S/C26H30O5S/c1-3-26(29)31-15-7-10-23(28)22(27)9-6-14-30-20-12-13-21(18(2)16-20)25-17-19-8-4-5-11-24(19)32-25/h3-5,8,11-13,16-17,22-23,27-28H,1,6-7,9-10,14-15H2,2H3. The van der Waals surface area contributed by atoms with Gasteiger partial charge in [-0.2, -0.15) is 0 Å². The van der Waals surface area contributed by atoms with Gasteiger partial charge >= 0.3 is 5.97 Å². The number of aliphatic hydroxyl groups is 2. The summed E-state index contributed by atoms with van der Waals surface area (Å²) in [6.45, 7) is 6.07. The Morgan fingerprint density at radius 1 is 1.06 bits per heavy atom. The van der Waals surface area contributed by atoms with Gasteiger partial charge in [-0.05, 0) is 79.5 Å². The lowest BCUT2D eigenvalue weighted by molar-refractivity contribution is -0.138. The third-order valence-electron chi connectivity index (χ3n) is 5.30. The molecule has 5 nitrogen and oxygen atoms in total. The van der Waals surface area contributed by atoms with E-state index in [0.717, 1.165) is 17.4 Å². The average molecular weight is 455 g/mol. The van der Waals surface area contributed by atoms with Crippen molar-refractivity contribution in [2.45, 2.75) is 44.8 Å². The molecule has 0 radical (unpaired) electrons. The number of esters is 1. The highest BCUT2D eigenvalue weighted by atomic mass is 32.1. The molecule has 2 unspecified atom stereocenters. The summed E-state index contributed by atoms with van der Waals surface area (Å²) >= 11 is 1.79. The second-order valence-corrected chi connectivity index (χ2v) is 8.85. The Morgan fingerprint density at radius 3 is 2.47 bits per heavy atom. The van der Waals surface area contributed by atoms with E-state index in [1.165, 1.54) is 20.5 Å². The van der Waals surface area contributed by atoms with Gasteiger partial charge in [0.25, 0.3) is 0 Å². The summed E-state index contributed by atoms with van der Waals surface area (Å²) in [4.78, 5) is 12.2. The van der Waals surface area contributed by atoms with Crippen molar-refractivity contribution in [2.75, 3.05) is 13.2 Å². The van der Waals surface area contributed by atoms with E-state index in [0.29, 0.717) is 32.3 Å². The van der Waals surface area contributed by atoms with Crippen LogP contribution < -0.4 is 4.74 Å². The summed E-state index contributed by atoms with van der Waals surface area (Å²) in [7, 11) is 0. The molecule has 0 aliphatic heterocycles. The highest BCUT2D eigenvalue weighted by Gasteiger charge is 2.16. The van der Waals surface area contributed by atoms with Crippen LogP contribution in [-0.2, 0) is 9.53 Å². The van der Waals surface area contributed by atoms with Crippen molar-refractivity contribution in [1.29, 1.82) is 0 Å². The summed E-state index contributed by atoms with van der Waals surface area (Å²) in [5.74, 6) is 0.315. The van der Waals surface area contributed by atoms with Gasteiger partial charge in [0.15, 0.2) is 0 Å². The Balaban J connectivity index is 1.41. The molecule has 0 spiro atoms. The van der Waals surface area contributed by atoms with Crippen LogP contribution in [0.2, 0.25) is 0 Å². The maximum Gasteiger partial charge on any atom is 0.330 e. The van der Waals surface area contributed by atoms with E-state index in [1.807, 2.05) is 12.1 Å². The SMILES string of the molecule is C=CC(=O)OCCCC(O)C(O)CCCOc1ccc(-c2cc3ccccc3s2)c(C)c1. The summed E-state index contributed by atoms with van der Waals surface area (Å²) in [6.07, 6.45) is 1.34. The van der Waals surface area contributed by atoms with Gasteiger partial charge in [0.05, 0.1) is 25.4 Å². The molecule has 1 heterocycles. The zero-order chi connectivity index (χ0) is 22.9. The van der Waals surface area contributed by atoms with E-state index in [9.17, 15) is 15.0 Å². The number of aryl methyl sites for hydroxylation is 1. The van der Waals surface area contributed by atoms with Crippen LogP contribution in [0, 0.1) is 6.92 Å². The molecule has 0 aliphatic rings. The second-order valence-electron chi connectivity index (χ2n) is 7.76. The minimum Gasteiger partial charge on any atom is -0.494 e. The van der Waals surface area contributed by atoms with Gasteiger partial charge < -0.3 is 19.7 Å². The first-order chi connectivity index (χ1) is 15.5. The van der Waals surface area contributed by atoms with Crippen molar-refractivity contribution in [2.24, 2.45) is 0 Å². The Bertz CT molecular complexity index is 1010. The molecule has 6 heteroatoms. The van der Waals surface area contributed by atoms with Crippen LogP contribution >= 0.6 is 11.3 Å². The number of carbonyl (C=O) groups is 1. The molecule has 2 N–H and O–H groups in total. The molecule has 0 amide bonds. The Labute approximate surface area is 192 Å². The summed E-state index contributed by atoms with van der Waals surface area (Å²) in [6, 6.07) is 16.7. The highest BCUT2D eigenvalue weighted by Crippen LogP contribution is 2.36. The number of hydrogen-bond acceptors (Lipinski definition) is 6. The van der Waals surface area contributed by atoms with E-state index < -0.39 is 18.2 Å². The third kappa shape index (κ3) is 6.66. The topological polar surface area (TPSA) is 76.0 Å². The number of hydrogen-bond donors (Lipinski definition) is 2. The van der Waals surface area contributed by atoms with E-state index in [2.05, 4.69) is 49.9 Å². The lowest BCUT2D eigenvalue weighted by atomic mass is 10.0. The first kappa shape index (κ1) is 24.0. The van der Waals surface area contributed by atoms with Gasteiger partial charge in [-0.1, -0.05) is 24.8 Å². The fraction of sp³-hybridized carbons (Fsp3) is 0.346. The Kier molecular flexibility index (Phi) is 8.85. The molecular weight excluding hydrogens is 424 g/mol. The molecule has 2 atom stereocenters. The number of aliphatic hydroxyl groups excluding tert-OH is 2. The smallest absolute Gasteiger partial charge is 0.330 e. The van der Waals surface area contributed by atoms with Crippen molar-refractivity contribution in [3.63, 3.8) is 0 Å². The number of ether oxygens (including phenoxy) is 2. The molecule has 170 valence electrons. The zero-order valence-corrected chi connectivity index (χ0v) is 19.1. The summed E-state index contributed by atoms with van der Waals surface area (Å²) in [5.41, 5.74) is 2.36. The minimum atomic E-state index is -0.847. The average Bonchev–Trinajstić information content (AvgIpc) is 3.23. The molecule has 0 aliphatic carbocycles. The second kappa shape index (κ2) is 11.8. The zero-order valence-electron chi connectivity index (χ0n) is 18.3. The van der Waals surface area contributed by atoms with Gasteiger partial charge in [-0.15, -0.1) is 11.3 Å². The summed E-state index contributed by atoms with van der Waals surface area (Å²) < 4.78 is 12.0. The summed E-state index contributed by atoms with van der Waals surface area (Å²) in [5, 5.41) is 21.4. The highest BCUT2D eigenvalue weighted by molar-refractivity contribution is 7.22. The molecule has 0 saturated heterocycles. The number of fused-ring (bicyclic) bond motifs is 1. The van der Waals surface area contributed by atoms with Crippen molar-refractivity contribution >= 4 is 27.4 Å². The predicted octanol–water partition coefficient (Wildman–Crippen LogP) is 5.27. The molecule has 3 rings (SSSR count). The normalized spacial score (nSPS) is 13.0. The van der Waals surface area contributed by atoms with Crippen molar-refractivity contribution < 1.29 is 24.5 Å². The molecule has 0 saturated carbocycles. The van der Waals surface area contributed by atoms with E-state index >= 15 is 0 Å². The largest absolute Gasteiger partial charge is 0.494 e. The Morgan fingerprint density at radius 2 is 1.78 bits per heavy atom. The molecule has 1 aromatic heterocycles. The van der Waals surface area contributed by atoms with Crippen molar-refractivity contribution in [1.82, 2.24) is 0 Å². The molecule has 32 heavy (non-hydrogen) atoms. The molecule has 3 aromatic rings. The molecular formula is C26H30O5S. The number of rotatable bonds is 12. The van der Waals surface area contributed by atoms with E-state index in [4.69, 9.17) is 9.47 Å². The van der Waals surface area contributed by atoms with Crippen LogP contribution in [0.1, 0.15) is 31.2 Å². The van der Waals surface area contributed by atoms with Gasteiger partial charge in [0.1, 0.15) is 5.75 Å². The van der Waals surface area contributed by atoms with Crippen LogP contribution in [0.4, 0.5) is 0 Å². The lowest BCUT2D eigenvalue weighted by Gasteiger charge is -2.18. The van der Waals surface area contributed by atoms with E-state index in [-0.39, 0.29) is 6.61 Å². The quantitative estimate of drug-likeness (QED) is 0.222. The first-order valence-corrected chi connectivity index (χ1v) is 11.7. The third-order valence-corrected chi connectivity index (χ3v) is 6.45. The Hall–Kier alpha value is -2.67. The molecule has 0 fully saturated rings. The number of carbonyl (C=O) groups excluding carboxylic acids is 1. The predicted molar refractivity (Wildman–Crippen MR) is 129 cm³/mol. The van der Waals surface area contributed by atoms with Crippen LogP contribution in [0.15, 0.2) is 61.2 Å². The van der Waals surface area contributed by atoms with Crippen molar-refractivity contribution in [3.05, 3.63) is 66.7 Å². The van der Waals surface area contributed by atoms with Gasteiger partial charge in [0, 0.05) is 15.7 Å². The van der Waals surface area contributed by atoms with Crippen LogP contribution in [0.5, 0.6) is 5.75 Å². The van der Waals surface area contributed by atoms with Crippen LogP contribution in [0.25, 0.3) is 20.5 Å². The molecule has 2 aromatic carbocycles. The van der Waals surface area contributed by atoms with Crippen LogP contribution in [0.3, 0.4) is 0 Å². The maximum atomic E-state index is 11.0. The number of thiophene rings is 1. The van der Waals surface area contributed by atoms with Crippen molar-refractivity contribution in [3.8, 4) is 16.2 Å². The fourth-order valence-corrected chi connectivity index (χ4v) is 4.66. The van der Waals surface area contributed by atoms with E-state index in [1.54, 1.807) is 11.3 Å². The maximum absolute atomic E-state index is 11.0. The molecule has 0 bridgehead atoms.